The van der Waals surface area contributed by atoms with Crippen molar-refractivity contribution in [3.05, 3.63) is 50.7 Å². The van der Waals surface area contributed by atoms with Gasteiger partial charge in [-0.2, -0.15) is 0 Å². The largest absolute Gasteiger partial charge is 0.464 e. The summed E-state index contributed by atoms with van der Waals surface area (Å²) in [4.78, 5) is 38.1. The molecule has 134 valence electrons. The number of hydrogen-bond donors (Lipinski definition) is 0. The van der Waals surface area contributed by atoms with Crippen LogP contribution in [0, 0.1) is 13.8 Å². The maximum Gasteiger partial charge on any atom is 0.356 e. The van der Waals surface area contributed by atoms with Gasteiger partial charge < -0.3 is 4.74 Å². The molecule has 0 aromatic carbocycles. The molecule has 0 fully saturated rings. The quantitative estimate of drug-likeness (QED) is 0.603. The first-order chi connectivity index (χ1) is 12.5. The van der Waals surface area contributed by atoms with Crippen molar-refractivity contribution in [2.24, 2.45) is 0 Å². The normalized spacial score (nSPS) is 10.7. The van der Waals surface area contributed by atoms with Gasteiger partial charge in [-0.3, -0.25) is 4.79 Å². The number of esters is 1. The second kappa shape index (κ2) is 7.84. The van der Waals surface area contributed by atoms with E-state index >= 15 is 0 Å². The van der Waals surface area contributed by atoms with Crippen LogP contribution in [0.5, 0.6) is 0 Å². The van der Waals surface area contributed by atoms with Gasteiger partial charge in [0, 0.05) is 17.5 Å². The molecule has 0 aliphatic carbocycles. The van der Waals surface area contributed by atoms with Crippen LogP contribution in [-0.4, -0.2) is 33.8 Å². The summed E-state index contributed by atoms with van der Waals surface area (Å²) >= 11 is 3.07. The molecule has 0 atom stereocenters. The summed E-state index contributed by atoms with van der Waals surface area (Å²) < 4.78 is 4.65. The molecular formula is C18H17N3O3S2. The van der Waals surface area contributed by atoms with Crippen molar-refractivity contribution in [3.63, 3.8) is 0 Å². The number of methoxy groups -OCH3 is 1. The lowest BCUT2D eigenvalue weighted by Gasteiger charge is -2.02. The van der Waals surface area contributed by atoms with Crippen molar-refractivity contribution in [1.29, 1.82) is 0 Å². The van der Waals surface area contributed by atoms with Crippen molar-refractivity contribution < 1.29 is 14.3 Å². The molecule has 3 aromatic rings. The average Bonchev–Trinajstić information content (AvgIpc) is 3.19. The maximum atomic E-state index is 12.4. The number of aromatic nitrogens is 3. The Kier molecular flexibility index (Phi) is 5.53. The van der Waals surface area contributed by atoms with Crippen LogP contribution < -0.4 is 0 Å². The zero-order chi connectivity index (χ0) is 18.7. The summed E-state index contributed by atoms with van der Waals surface area (Å²) in [6, 6.07) is 4.98. The van der Waals surface area contributed by atoms with Gasteiger partial charge in [0.2, 0.25) is 0 Å². The number of carbonyl (C=O) groups excluding carboxylic acids is 2. The number of carbonyl (C=O) groups is 2. The standard InChI is InChI=1S/C18H17N3O3S2/c1-10-17(26-11(2)19-10)15-9-25-16(21-15)8-13(22)7-12-5-4-6-14(20-12)18(23)24-3/h4-6,9H,7-8H2,1-3H3. The van der Waals surface area contributed by atoms with Gasteiger partial charge in [-0.1, -0.05) is 6.07 Å². The van der Waals surface area contributed by atoms with Gasteiger partial charge in [0.1, 0.15) is 16.5 Å². The molecule has 0 saturated carbocycles. The molecule has 0 aliphatic heterocycles. The highest BCUT2D eigenvalue weighted by molar-refractivity contribution is 7.16. The highest BCUT2D eigenvalue weighted by Crippen LogP contribution is 2.30. The fourth-order valence-corrected chi connectivity index (χ4v) is 4.26. The summed E-state index contributed by atoms with van der Waals surface area (Å²) in [5.74, 6) is -0.517. The lowest BCUT2D eigenvalue weighted by atomic mass is 10.1. The van der Waals surface area contributed by atoms with Crippen LogP contribution in [0.2, 0.25) is 0 Å². The van der Waals surface area contributed by atoms with Crippen LogP contribution in [0.25, 0.3) is 10.6 Å². The number of ketones is 1. The third-order valence-corrected chi connectivity index (χ3v) is 5.56. The minimum Gasteiger partial charge on any atom is -0.464 e. The Labute approximate surface area is 158 Å². The van der Waals surface area contributed by atoms with Gasteiger partial charge in [-0.05, 0) is 26.0 Å². The average molecular weight is 387 g/mol. The maximum absolute atomic E-state index is 12.4. The van der Waals surface area contributed by atoms with E-state index in [0.717, 1.165) is 26.3 Å². The first-order valence-electron chi connectivity index (χ1n) is 7.91. The van der Waals surface area contributed by atoms with Crippen LogP contribution in [0.3, 0.4) is 0 Å². The number of pyridine rings is 1. The van der Waals surface area contributed by atoms with E-state index in [1.807, 2.05) is 19.2 Å². The Morgan fingerprint density at radius 2 is 1.92 bits per heavy atom. The van der Waals surface area contributed by atoms with Crippen LogP contribution in [-0.2, 0) is 22.4 Å². The zero-order valence-corrected chi connectivity index (χ0v) is 16.2. The third-order valence-electron chi connectivity index (χ3n) is 3.62. The molecule has 0 radical (unpaired) electrons. The smallest absolute Gasteiger partial charge is 0.356 e. The van der Waals surface area contributed by atoms with Crippen molar-refractivity contribution in [1.82, 2.24) is 15.0 Å². The molecule has 6 nitrogen and oxygen atoms in total. The number of thiazole rings is 2. The lowest BCUT2D eigenvalue weighted by Crippen LogP contribution is -2.10. The first kappa shape index (κ1) is 18.3. The van der Waals surface area contributed by atoms with Gasteiger partial charge >= 0.3 is 5.97 Å². The zero-order valence-electron chi connectivity index (χ0n) is 14.6. The highest BCUT2D eigenvalue weighted by atomic mass is 32.1. The SMILES string of the molecule is COC(=O)c1cccc(CC(=O)Cc2nc(-c3sc(C)nc3C)cs2)n1. The number of rotatable bonds is 6. The van der Waals surface area contributed by atoms with Crippen LogP contribution in [0.1, 0.15) is 31.9 Å². The molecule has 0 spiro atoms. The Balaban J connectivity index is 1.68. The van der Waals surface area contributed by atoms with Gasteiger partial charge in [0.25, 0.3) is 0 Å². The van der Waals surface area contributed by atoms with E-state index in [2.05, 4.69) is 19.7 Å². The predicted octanol–water partition coefficient (Wildman–Crippen LogP) is 3.42. The van der Waals surface area contributed by atoms with E-state index < -0.39 is 5.97 Å². The Hall–Kier alpha value is -2.45. The van der Waals surface area contributed by atoms with Crippen LogP contribution in [0.15, 0.2) is 23.6 Å². The summed E-state index contributed by atoms with van der Waals surface area (Å²) in [6.07, 6.45) is 0.393. The molecule has 0 amide bonds. The summed E-state index contributed by atoms with van der Waals surface area (Å²) in [7, 11) is 1.30. The van der Waals surface area contributed by atoms with E-state index in [1.165, 1.54) is 18.4 Å². The number of Topliss-reactive ketones (excluding diaryl/α,β-unsaturated/α-hetero) is 1. The van der Waals surface area contributed by atoms with Gasteiger partial charge in [0.15, 0.2) is 0 Å². The number of hydrogen-bond acceptors (Lipinski definition) is 8. The topological polar surface area (TPSA) is 82.0 Å². The number of nitrogens with zero attached hydrogens (tertiary/aromatic N) is 3. The molecule has 3 rings (SSSR count). The monoisotopic (exact) mass is 387 g/mol. The second-order valence-electron chi connectivity index (χ2n) is 5.67. The van der Waals surface area contributed by atoms with E-state index in [4.69, 9.17) is 0 Å². The molecule has 0 saturated heterocycles. The van der Waals surface area contributed by atoms with Crippen molar-refractivity contribution in [2.75, 3.05) is 7.11 Å². The van der Waals surface area contributed by atoms with E-state index in [0.29, 0.717) is 5.69 Å². The fraction of sp³-hybridized carbons (Fsp3) is 0.278. The van der Waals surface area contributed by atoms with Crippen molar-refractivity contribution in [3.8, 4) is 10.6 Å². The molecule has 0 N–H and O–H groups in total. The molecule has 8 heteroatoms. The minimum atomic E-state index is -0.515. The van der Waals surface area contributed by atoms with Gasteiger partial charge in [-0.15, -0.1) is 22.7 Å². The van der Waals surface area contributed by atoms with Crippen molar-refractivity contribution in [2.45, 2.75) is 26.7 Å². The van der Waals surface area contributed by atoms with E-state index in [9.17, 15) is 9.59 Å². The summed E-state index contributed by atoms with van der Waals surface area (Å²) in [5, 5.41) is 3.72. The lowest BCUT2D eigenvalue weighted by molar-refractivity contribution is -0.117. The minimum absolute atomic E-state index is 0.00220. The van der Waals surface area contributed by atoms with E-state index in [1.54, 1.807) is 29.5 Å². The molecule has 3 heterocycles. The summed E-state index contributed by atoms with van der Waals surface area (Å²) in [6.45, 7) is 3.93. The molecular weight excluding hydrogens is 370 g/mol. The Morgan fingerprint density at radius 1 is 1.12 bits per heavy atom. The van der Waals surface area contributed by atoms with Crippen molar-refractivity contribution >= 4 is 34.4 Å². The first-order valence-corrected chi connectivity index (χ1v) is 9.60. The summed E-state index contributed by atoms with van der Waals surface area (Å²) in [5.41, 5.74) is 2.57. The van der Waals surface area contributed by atoms with Gasteiger partial charge in [0.05, 0.1) is 34.8 Å². The van der Waals surface area contributed by atoms with Gasteiger partial charge in [-0.25, -0.2) is 19.7 Å². The third kappa shape index (κ3) is 4.20. The number of aryl methyl sites for hydroxylation is 2. The molecule has 26 heavy (non-hydrogen) atoms. The predicted molar refractivity (Wildman–Crippen MR) is 101 cm³/mol. The fourth-order valence-electron chi connectivity index (χ4n) is 2.49. The molecule has 0 unspecified atom stereocenters. The van der Waals surface area contributed by atoms with Crippen LogP contribution >= 0.6 is 22.7 Å². The number of ether oxygens (including phenoxy) is 1. The molecule has 3 aromatic heterocycles. The van der Waals surface area contributed by atoms with Crippen LogP contribution in [0.4, 0.5) is 0 Å². The molecule has 0 aliphatic rings. The second-order valence-corrected chi connectivity index (χ2v) is 7.82. The Morgan fingerprint density at radius 3 is 2.62 bits per heavy atom. The highest BCUT2D eigenvalue weighted by Gasteiger charge is 2.15. The van der Waals surface area contributed by atoms with E-state index in [-0.39, 0.29) is 24.3 Å². The Bertz CT molecular complexity index is 962. The molecule has 0 bridgehead atoms.